The molecular formula is C15H20N2O. The molecule has 3 N–H and O–H groups in total. The number of terminal acetylenes is 1. The van der Waals surface area contributed by atoms with Gasteiger partial charge in [0.1, 0.15) is 6.04 Å². The third-order valence-electron chi connectivity index (χ3n) is 2.77. The van der Waals surface area contributed by atoms with Crippen LogP contribution in [0.2, 0.25) is 0 Å². The second-order valence-electron chi connectivity index (χ2n) is 4.34. The number of rotatable bonds is 6. The summed E-state index contributed by atoms with van der Waals surface area (Å²) in [6, 6.07) is 7.08. The second-order valence-corrected chi connectivity index (χ2v) is 4.34. The van der Waals surface area contributed by atoms with Gasteiger partial charge in [0.15, 0.2) is 0 Å². The van der Waals surface area contributed by atoms with Crippen molar-refractivity contribution in [3.05, 3.63) is 35.4 Å². The van der Waals surface area contributed by atoms with Crippen LogP contribution in [0.15, 0.2) is 24.3 Å². The van der Waals surface area contributed by atoms with Crippen LogP contribution in [-0.2, 0) is 4.79 Å². The van der Waals surface area contributed by atoms with E-state index in [1.165, 1.54) is 0 Å². The van der Waals surface area contributed by atoms with E-state index in [4.69, 9.17) is 12.2 Å². The highest BCUT2D eigenvalue weighted by Gasteiger charge is 2.14. The number of carbonyl (C=O) groups is 1. The number of benzene rings is 1. The molecule has 0 heterocycles. The predicted octanol–water partition coefficient (Wildman–Crippen LogP) is 1.91. The van der Waals surface area contributed by atoms with E-state index >= 15 is 0 Å². The maximum Gasteiger partial charge on any atom is 0.241 e. The highest BCUT2D eigenvalue weighted by Crippen LogP contribution is 2.11. The summed E-state index contributed by atoms with van der Waals surface area (Å²) in [7, 11) is 0. The van der Waals surface area contributed by atoms with Gasteiger partial charge in [-0.3, -0.25) is 4.79 Å². The summed E-state index contributed by atoms with van der Waals surface area (Å²) in [5.41, 5.74) is 7.87. The Balaban J connectivity index is 2.37. The summed E-state index contributed by atoms with van der Waals surface area (Å²) in [5, 5.41) is 2.82. The number of nitrogens with one attached hydrogen (secondary N) is 1. The minimum Gasteiger partial charge on any atom is -0.354 e. The lowest BCUT2D eigenvalue weighted by Gasteiger charge is -2.12. The smallest absolute Gasteiger partial charge is 0.241 e. The molecule has 0 spiro atoms. The first-order valence-electron chi connectivity index (χ1n) is 6.18. The number of unbranched alkanes of at least 4 members (excludes halogenated alkanes) is 2. The molecular weight excluding hydrogens is 224 g/mol. The fourth-order valence-electron chi connectivity index (χ4n) is 1.60. The SMILES string of the molecule is C#CCCCCNC(=O)C(N)c1ccc(C)cc1. The number of amides is 1. The van der Waals surface area contributed by atoms with E-state index in [-0.39, 0.29) is 5.91 Å². The Morgan fingerprint density at radius 3 is 2.67 bits per heavy atom. The van der Waals surface area contributed by atoms with Crippen LogP contribution in [0.1, 0.15) is 36.4 Å². The van der Waals surface area contributed by atoms with E-state index < -0.39 is 6.04 Å². The van der Waals surface area contributed by atoms with E-state index in [1.54, 1.807) is 0 Å². The van der Waals surface area contributed by atoms with Crippen LogP contribution in [-0.4, -0.2) is 12.5 Å². The first-order valence-corrected chi connectivity index (χ1v) is 6.18. The van der Waals surface area contributed by atoms with Crippen molar-refractivity contribution in [1.29, 1.82) is 0 Å². The van der Waals surface area contributed by atoms with Crippen molar-refractivity contribution in [1.82, 2.24) is 5.32 Å². The first kappa shape index (κ1) is 14.3. The molecule has 1 aromatic carbocycles. The van der Waals surface area contributed by atoms with Crippen molar-refractivity contribution in [2.75, 3.05) is 6.54 Å². The van der Waals surface area contributed by atoms with Crippen LogP contribution in [0, 0.1) is 19.3 Å². The average molecular weight is 244 g/mol. The third kappa shape index (κ3) is 4.60. The van der Waals surface area contributed by atoms with Gasteiger partial charge in [-0.1, -0.05) is 29.8 Å². The largest absolute Gasteiger partial charge is 0.354 e. The topological polar surface area (TPSA) is 55.1 Å². The second kappa shape index (κ2) is 7.52. The first-order chi connectivity index (χ1) is 8.65. The lowest BCUT2D eigenvalue weighted by molar-refractivity contribution is -0.122. The Morgan fingerprint density at radius 1 is 1.39 bits per heavy atom. The number of hydrogen-bond acceptors (Lipinski definition) is 2. The summed E-state index contributed by atoms with van der Waals surface area (Å²) < 4.78 is 0. The summed E-state index contributed by atoms with van der Waals surface area (Å²) in [4.78, 5) is 11.8. The molecule has 1 amide bonds. The standard InChI is InChI=1S/C15H20N2O/c1-3-4-5-6-11-17-15(18)14(16)13-9-7-12(2)8-10-13/h1,7-10,14H,4-6,11,16H2,2H3,(H,17,18). The molecule has 0 aliphatic rings. The van der Waals surface area contributed by atoms with Gasteiger partial charge >= 0.3 is 0 Å². The molecule has 1 unspecified atom stereocenters. The lowest BCUT2D eigenvalue weighted by Crippen LogP contribution is -2.34. The Kier molecular flexibility index (Phi) is 5.96. The zero-order chi connectivity index (χ0) is 13.4. The number of nitrogens with two attached hydrogens (primary N) is 1. The number of carbonyl (C=O) groups excluding carboxylic acids is 1. The number of hydrogen-bond donors (Lipinski definition) is 2. The molecule has 0 fully saturated rings. The molecule has 3 nitrogen and oxygen atoms in total. The molecule has 3 heteroatoms. The minimum absolute atomic E-state index is 0.139. The molecule has 1 aromatic rings. The van der Waals surface area contributed by atoms with Gasteiger partial charge in [-0.05, 0) is 25.3 Å². The lowest BCUT2D eigenvalue weighted by atomic mass is 10.1. The fourth-order valence-corrected chi connectivity index (χ4v) is 1.60. The molecule has 18 heavy (non-hydrogen) atoms. The molecule has 0 radical (unpaired) electrons. The average Bonchev–Trinajstić information content (AvgIpc) is 2.38. The van der Waals surface area contributed by atoms with E-state index in [0.717, 1.165) is 30.4 Å². The van der Waals surface area contributed by atoms with Crippen molar-refractivity contribution in [2.24, 2.45) is 5.73 Å². The van der Waals surface area contributed by atoms with Gasteiger partial charge in [-0.25, -0.2) is 0 Å². The maximum absolute atomic E-state index is 11.8. The quantitative estimate of drug-likeness (QED) is 0.593. The summed E-state index contributed by atoms with van der Waals surface area (Å²) in [6.45, 7) is 2.63. The zero-order valence-electron chi connectivity index (χ0n) is 10.8. The minimum atomic E-state index is -0.599. The van der Waals surface area contributed by atoms with Crippen molar-refractivity contribution in [3.8, 4) is 12.3 Å². The van der Waals surface area contributed by atoms with Gasteiger partial charge in [-0.15, -0.1) is 12.3 Å². The highest BCUT2D eigenvalue weighted by molar-refractivity contribution is 5.82. The van der Waals surface area contributed by atoms with Gasteiger partial charge in [0.25, 0.3) is 0 Å². The Hall–Kier alpha value is -1.79. The summed E-state index contributed by atoms with van der Waals surface area (Å²) in [5.74, 6) is 2.43. The van der Waals surface area contributed by atoms with Crippen molar-refractivity contribution in [2.45, 2.75) is 32.2 Å². The Labute approximate surface area is 109 Å². The van der Waals surface area contributed by atoms with E-state index in [0.29, 0.717) is 6.54 Å². The Morgan fingerprint density at radius 2 is 2.06 bits per heavy atom. The summed E-state index contributed by atoms with van der Waals surface area (Å²) in [6.07, 6.45) is 7.71. The molecule has 0 saturated heterocycles. The predicted molar refractivity (Wildman–Crippen MR) is 73.8 cm³/mol. The third-order valence-corrected chi connectivity index (χ3v) is 2.77. The van der Waals surface area contributed by atoms with Gasteiger partial charge in [0.05, 0.1) is 0 Å². The van der Waals surface area contributed by atoms with Crippen molar-refractivity contribution < 1.29 is 4.79 Å². The molecule has 0 aliphatic carbocycles. The molecule has 1 atom stereocenters. The summed E-state index contributed by atoms with van der Waals surface area (Å²) >= 11 is 0. The molecule has 0 saturated carbocycles. The molecule has 0 aromatic heterocycles. The van der Waals surface area contributed by atoms with Crippen LogP contribution in [0.25, 0.3) is 0 Å². The maximum atomic E-state index is 11.8. The zero-order valence-corrected chi connectivity index (χ0v) is 10.8. The van der Waals surface area contributed by atoms with E-state index in [9.17, 15) is 4.79 Å². The molecule has 0 aliphatic heterocycles. The monoisotopic (exact) mass is 244 g/mol. The van der Waals surface area contributed by atoms with Gasteiger partial charge in [-0.2, -0.15) is 0 Å². The molecule has 96 valence electrons. The number of aryl methyl sites for hydroxylation is 1. The van der Waals surface area contributed by atoms with Crippen molar-refractivity contribution in [3.63, 3.8) is 0 Å². The molecule has 0 bridgehead atoms. The molecule has 1 rings (SSSR count). The van der Waals surface area contributed by atoms with Gasteiger partial charge < -0.3 is 11.1 Å². The van der Waals surface area contributed by atoms with E-state index in [2.05, 4.69) is 11.2 Å². The van der Waals surface area contributed by atoms with Crippen molar-refractivity contribution >= 4 is 5.91 Å². The van der Waals surface area contributed by atoms with Crippen LogP contribution < -0.4 is 11.1 Å². The van der Waals surface area contributed by atoms with Crippen LogP contribution >= 0.6 is 0 Å². The van der Waals surface area contributed by atoms with Gasteiger partial charge in [0.2, 0.25) is 5.91 Å². The fraction of sp³-hybridized carbons (Fsp3) is 0.400. The van der Waals surface area contributed by atoms with Crippen LogP contribution in [0.3, 0.4) is 0 Å². The normalized spacial score (nSPS) is 11.6. The Bertz CT molecular complexity index is 417. The van der Waals surface area contributed by atoms with Crippen LogP contribution in [0.5, 0.6) is 0 Å². The van der Waals surface area contributed by atoms with Crippen LogP contribution in [0.4, 0.5) is 0 Å². The van der Waals surface area contributed by atoms with Gasteiger partial charge in [0, 0.05) is 13.0 Å². The van der Waals surface area contributed by atoms with E-state index in [1.807, 2.05) is 31.2 Å². The highest BCUT2D eigenvalue weighted by atomic mass is 16.2.